The summed E-state index contributed by atoms with van der Waals surface area (Å²) in [5.41, 5.74) is -1.80. The second-order valence-corrected chi connectivity index (χ2v) is 6.76. The van der Waals surface area contributed by atoms with E-state index >= 15 is 0 Å². The van der Waals surface area contributed by atoms with Crippen LogP contribution in [0.5, 0.6) is 0 Å². The molecule has 0 saturated heterocycles. The minimum absolute atomic E-state index is 0.328. The number of rotatable bonds is 2. The summed E-state index contributed by atoms with van der Waals surface area (Å²) in [5, 5.41) is 10.9. The van der Waals surface area contributed by atoms with Crippen LogP contribution in [0.2, 0.25) is 0 Å². The number of carbonyl (C=O) groups is 1. The predicted octanol–water partition coefficient (Wildman–Crippen LogP) is 3.84. The van der Waals surface area contributed by atoms with Gasteiger partial charge in [0.25, 0.3) is 0 Å². The van der Waals surface area contributed by atoms with Gasteiger partial charge in [-0.25, -0.2) is 4.98 Å². The first-order valence-electron chi connectivity index (χ1n) is 6.54. The highest BCUT2D eigenvalue weighted by atomic mass is 32.1. The zero-order valence-corrected chi connectivity index (χ0v) is 11.5. The molecule has 4 rings (SSSR count). The van der Waals surface area contributed by atoms with Gasteiger partial charge in [-0.2, -0.15) is 13.2 Å². The highest BCUT2D eigenvalue weighted by Crippen LogP contribution is 2.58. The van der Waals surface area contributed by atoms with Gasteiger partial charge < -0.3 is 5.11 Å². The van der Waals surface area contributed by atoms with Crippen molar-refractivity contribution in [3.8, 4) is 0 Å². The van der Waals surface area contributed by atoms with Gasteiger partial charge in [0, 0.05) is 10.8 Å². The second kappa shape index (κ2) is 4.19. The van der Waals surface area contributed by atoms with Crippen LogP contribution in [0.1, 0.15) is 49.2 Å². The lowest BCUT2D eigenvalue weighted by Crippen LogP contribution is -2.47. The Hall–Kier alpha value is -1.11. The zero-order valence-electron chi connectivity index (χ0n) is 10.7. The lowest BCUT2D eigenvalue weighted by atomic mass is 9.54. The molecule has 1 heterocycles. The molecule has 20 heavy (non-hydrogen) atoms. The summed E-state index contributed by atoms with van der Waals surface area (Å²) in [6.45, 7) is 0. The van der Waals surface area contributed by atoms with E-state index in [0.717, 1.165) is 16.7 Å². The molecule has 7 heteroatoms. The second-order valence-electron chi connectivity index (χ2n) is 5.90. The lowest BCUT2D eigenvalue weighted by Gasteiger charge is -2.50. The molecular formula is C13H14F3NO2S. The first kappa shape index (κ1) is 13.9. The number of aromatic nitrogens is 1. The summed E-state index contributed by atoms with van der Waals surface area (Å²) in [4.78, 5) is 15.1. The fourth-order valence-electron chi connectivity index (χ4n) is 3.47. The number of halogens is 3. The summed E-state index contributed by atoms with van der Waals surface area (Å²) in [6.07, 6.45) is -0.881. The standard InChI is InChI=1S/C13H14F3NO2S/c14-13(15,16)8-7-20-9(17-8)11-1-4-12(5-2-11,6-3-11)10(18)19/h7H,1-6H2,(H,18,19). The molecular weight excluding hydrogens is 291 g/mol. The first-order valence-corrected chi connectivity index (χ1v) is 7.42. The molecule has 3 aliphatic rings. The van der Waals surface area contributed by atoms with Gasteiger partial charge in [0.1, 0.15) is 0 Å². The van der Waals surface area contributed by atoms with Gasteiger partial charge in [-0.15, -0.1) is 11.3 Å². The average Bonchev–Trinajstić information content (AvgIpc) is 2.91. The van der Waals surface area contributed by atoms with Crippen LogP contribution in [0.3, 0.4) is 0 Å². The van der Waals surface area contributed by atoms with E-state index in [9.17, 15) is 23.1 Å². The number of hydrogen-bond acceptors (Lipinski definition) is 3. The van der Waals surface area contributed by atoms with Crippen molar-refractivity contribution in [1.82, 2.24) is 4.98 Å². The van der Waals surface area contributed by atoms with Crippen LogP contribution >= 0.6 is 11.3 Å². The number of nitrogens with zero attached hydrogens (tertiary/aromatic N) is 1. The van der Waals surface area contributed by atoms with Crippen LogP contribution in [0.25, 0.3) is 0 Å². The minimum atomic E-state index is -4.40. The first-order chi connectivity index (χ1) is 9.28. The Morgan fingerprint density at radius 3 is 2.15 bits per heavy atom. The number of aliphatic carboxylic acids is 1. The number of alkyl halides is 3. The molecule has 2 bridgehead atoms. The van der Waals surface area contributed by atoms with E-state index in [0.29, 0.717) is 43.5 Å². The van der Waals surface area contributed by atoms with E-state index < -0.39 is 23.3 Å². The molecule has 1 aromatic heterocycles. The van der Waals surface area contributed by atoms with Crippen molar-refractivity contribution in [1.29, 1.82) is 0 Å². The maximum atomic E-state index is 12.6. The van der Waals surface area contributed by atoms with Crippen molar-refractivity contribution >= 4 is 17.3 Å². The Morgan fingerprint density at radius 2 is 1.75 bits per heavy atom. The van der Waals surface area contributed by atoms with Gasteiger partial charge in [0.05, 0.1) is 10.4 Å². The maximum absolute atomic E-state index is 12.6. The predicted molar refractivity (Wildman–Crippen MR) is 66.6 cm³/mol. The largest absolute Gasteiger partial charge is 0.481 e. The van der Waals surface area contributed by atoms with Gasteiger partial charge in [0.15, 0.2) is 5.69 Å². The van der Waals surface area contributed by atoms with Crippen molar-refractivity contribution < 1.29 is 23.1 Å². The zero-order chi connectivity index (χ0) is 14.6. The molecule has 3 fully saturated rings. The van der Waals surface area contributed by atoms with E-state index in [1.54, 1.807) is 0 Å². The number of thiazole rings is 1. The van der Waals surface area contributed by atoms with Gasteiger partial charge in [-0.05, 0) is 38.5 Å². The Balaban J connectivity index is 1.86. The Labute approximate surface area is 117 Å². The van der Waals surface area contributed by atoms with Crippen LogP contribution in [0.4, 0.5) is 13.2 Å². The molecule has 0 atom stereocenters. The van der Waals surface area contributed by atoms with Crippen LogP contribution in [0, 0.1) is 5.41 Å². The lowest BCUT2D eigenvalue weighted by molar-refractivity contribution is -0.156. The summed E-state index contributed by atoms with van der Waals surface area (Å²) in [7, 11) is 0. The van der Waals surface area contributed by atoms with Crippen LogP contribution < -0.4 is 0 Å². The molecule has 0 radical (unpaired) electrons. The summed E-state index contributed by atoms with van der Waals surface area (Å²) < 4.78 is 37.9. The van der Waals surface area contributed by atoms with E-state index in [2.05, 4.69) is 4.98 Å². The summed E-state index contributed by atoms with van der Waals surface area (Å²) >= 11 is 1.06. The Morgan fingerprint density at radius 1 is 1.20 bits per heavy atom. The molecule has 0 aliphatic heterocycles. The third kappa shape index (κ3) is 1.94. The molecule has 1 aromatic rings. The van der Waals surface area contributed by atoms with E-state index in [-0.39, 0.29) is 5.41 Å². The van der Waals surface area contributed by atoms with Crippen LogP contribution in [-0.2, 0) is 16.4 Å². The highest BCUT2D eigenvalue weighted by Gasteiger charge is 2.54. The number of carboxylic acids is 1. The summed E-state index contributed by atoms with van der Waals surface area (Å²) in [6, 6.07) is 0. The quantitative estimate of drug-likeness (QED) is 0.903. The maximum Gasteiger partial charge on any atom is 0.434 e. The van der Waals surface area contributed by atoms with Crippen LogP contribution in [-0.4, -0.2) is 16.1 Å². The minimum Gasteiger partial charge on any atom is -0.481 e. The van der Waals surface area contributed by atoms with E-state index in [1.165, 1.54) is 0 Å². The van der Waals surface area contributed by atoms with Crippen molar-refractivity contribution in [2.45, 2.75) is 50.1 Å². The SMILES string of the molecule is O=C(O)C12CCC(c3nc(C(F)(F)F)cs3)(CC1)CC2. The molecule has 110 valence electrons. The molecule has 0 aromatic carbocycles. The topological polar surface area (TPSA) is 50.2 Å². The van der Waals surface area contributed by atoms with Crippen molar-refractivity contribution in [2.75, 3.05) is 0 Å². The van der Waals surface area contributed by atoms with Gasteiger partial charge >= 0.3 is 12.1 Å². The highest BCUT2D eigenvalue weighted by molar-refractivity contribution is 7.09. The van der Waals surface area contributed by atoms with Crippen LogP contribution in [0.15, 0.2) is 5.38 Å². The van der Waals surface area contributed by atoms with E-state index in [1.807, 2.05) is 0 Å². The average molecular weight is 305 g/mol. The van der Waals surface area contributed by atoms with Crippen molar-refractivity contribution in [3.63, 3.8) is 0 Å². The molecule has 0 amide bonds. The Kier molecular flexibility index (Phi) is 2.90. The molecule has 0 spiro atoms. The molecule has 3 aliphatic carbocycles. The molecule has 3 saturated carbocycles. The third-order valence-corrected chi connectivity index (χ3v) is 6.04. The Bertz CT molecular complexity index is 528. The van der Waals surface area contributed by atoms with Gasteiger partial charge in [-0.3, -0.25) is 4.79 Å². The number of fused-ring (bicyclic) bond motifs is 3. The van der Waals surface area contributed by atoms with Gasteiger partial charge in [-0.1, -0.05) is 0 Å². The summed E-state index contributed by atoms with van der Waals surface area (Å²) in [5.74, 6) is -0.763. The monoisotopic (exact) mass is 305 g/mol. The van der Waals surface area contributed by atoms with Gasteiger partial charge in [0.2, 0.25) is 0 Å². The third-order valence-electron chi connectivity index (χ3n) is 4.95. The molecule has 3 nitrogen and oxygen atoms in total. The molecule has 1 N–H and O–H groups in total. The fourth-order valence-corrected chi connectivity index (χ4v) is 4.59. The molecule has 0 unspecified atom stereocenters. The normalized spacial score (nSPS) is 33.4. The van der Waals surface area contributed by atoms with Crippen molar-refractivity contribution in [3.05, 3.63) is 16.1 Å². The fraction of sp³-hybridized carbons (Fsp3) is 0.692. The van der Waals surface area contributed by atoms with Crippen molar-refractivity contribution in [2.24, 2.45) is 5.41 Å². The van der Waals surface area contributed by atoms with E-state index in [4.69, 9.17) is 0 Å². The smallest absolute Gasteiger partial charge is 0.434 e. The number of carboxylic acid groups (broad SMARTS) is 1. The number of hydrogen-bond donors (Lipinski definition) is 1.